The zero-order valence-electron chi connectivity index (χ0n) is 10.4. The molecule has 8 heteroatoms. The number of methoxy groups -OCH3 is 1. The van der Waals surface area contributed by atoms with Gasteiger partial charge in [0.15, 0.2) is 15.2 Å². The number of esters is 1. The quantitative estimate of drug-likeness (QED) is 0.794. The lowest BCUT2D eigenvalue weighted by molar-refractivity contribution is 0.0606. The van der Waals surface area contributed by atoms with Crippen molar-refractivity contribution in [3.8, 4) is 0 Å². The Bertz CT molecular complexity index is 556. The van der Waals surface area contributed by atoms with Crippen LogP contribution >= 0.6 is 34.3 Å². The van der Waals surface area contributed by atoms with Crippen LogP contribution in [0.25, 0.3) is 0 Å². The highest BCUT2D eigenvalue weighted by Crippen LogP contribution is 2.29. The molecule has 2 aromatic heterocycles. The Labute approximate surface area is 123 Å². The molecule has 0 atom stereocenters. The van der Waals surface area contributed by atoms with Crippen molar-refractivity contribution in [3.05, 3.63) is 26.6 Å². The van der Waals surface area contributed by atoms with Gasteiger partial charge in [0.25, 0.3) is 0 Å². The average molecular weight is 318 g/mol. The van der Waals surface area contributed by atoms with Gasteiger partial charge in [0.1, 0.15) is 0 Å². The standard InChI is InChI=1S/C11H12ClN3O2S2/c1-15(5-3-7-13-4-6-18-7)11-14-9(12)8(19-11)10(16)17-2/h4,6H,3,5H2,1-2H3. The van der Waals surface area contributed by atoms with Crippen LogP contribution < -0.4 is 4.90 Å². The first-order valence-electron chi connectivity index (χ1n) is 5.46. The lowest BCUT2D eigenvalue weighted by Gasteiger charge is -2.14. The number of aromatic nitrogens is 2. The number of hydrogen-bond donors (Lipinski definition) is 0. The molecule has 0 amide bonds. The Balaban J connectivity index is 2.03. The molecule has 0 radical (unpaired) electrons. The third-order valence-electron chi connectivity index (χ3n) is 2.42. The minimum absolute atomic E-state index is 0.188. The Morgan fingerprint density at radius 1 is 1.58 bits per heavy atom. The summed E-state index contributed by atoms with van der Waals surface area (Å²) < 4.78 is 4.65. The monoisotopic (exact) mass is 317 g/mol. The fraction of sp³-hybridized carbons (Fsp3) is 0.364. The number of carbonyl (C=O) groups is 1. The van der Waals surface area contributed by atoms with Crippen LogP contribution in [0.5, 0.6) is 0 Å². The summed E-state index contributed by atoms with van der Waals surface area (Å²) in [7, 11) is 3.23. The molecule has 2 rings (SSSR count). The Kier molecular flexibility index (Phi) is 4.73. The molecule has 0 unspecified atom stereocenters. The van der Waals surface area contributed by atoms with Gasteiger partial charge in [0, 0.05) is 31.6 Å². The number of carbonyl (C=O) groups excluding carboxylic acids is 1. The number of anilines is 1. The molecular weight excluding hydrogens is 306 g/mol. The van der Waals surface area contributed by atoms with Gasteiger partial charge < -0.3 is 9.64 Å². The molecule has 0 fully saturated rings. The maximum absolute atomic E-state index is 11.5. The molecule has 0 spiro atoms. The molecule has 2 heterocycles. The molecule has 0 aromatic carbocycles. The van der Waals surface area contributed by atoms with Crippen molar-refractivity contribution < 1.29 is 9.53 Å². The largest absolute Gasteiger partial charge is 0.465 e. The van der Waals surface area contributed by atoms with Gasteiger partial charge in [-0.1, -0.05) is 22.9 Å². The van der Waals surface area contributed by atoms with E-state index in [0.717, 1.165) is 18.0 Å². The van der Waals surface area contributed by atoms with E-state index in [9.17, 15) is 4.79 Å². The molecule has 5 nitrogen and oxygen atoms in total. The molecule has 0 N–H and O–H groups in total. The summed E-state index contributed by atoms with van der Waals surface area (Å²) >= 11 is 8.77. The van der Waals surface area contributed by atoms with Crippen LogP contribution in [0.3, 0.4) is 0 Å². The fourth-order valence-electron chi connectivity index (χ4n) is 1.41. The highest BCUT2D eigenvalue weighted by atomic mass is 35.5. The number of hydrogen-bond acceptors (Lipinski definition) is 7. The second kappa shape index (κ2) is 6.31. The first kappa shape index (κ1) is 14.2. The summed E-state index contributed by atoms with van der Waals surface area (Å²) in [6.45, 7) is 0.762. The van der Waals surface area contributed by atoms with E-state index in [0.29, 0.717) is 10.0 Å². The lowest BCUT2D eigenvalue weighted by atomic mass is 10.4. The number of nitrogens with zero attached hydrogens (tertiary/aromatic N) is 3. The van der Waals surface area contributed by atoms with E-state index in [4.69, 9.17) is 11.6 Å². The van der Waals surface area contributed by atoms with E-state index in [2.05, 4.69) is 14.7 Å². The van der Waals surface area contributed by atoms with Crippen LogP contribution in [0.15, 0.2) is 11.6 Å². The minimum Gasteiger partial charge on any atom is -0.465 e. The van der Waals surface area contributed by atoms with E-state index in [1.165, 1.54) is 18.4 Å². The molecule has 19 heavy (non-hydrogen) atoms. The SMILES string of the molecule is COC(=O)c1sc(N(C)CCc2nccs2)nc1Cl. The first-order valence-corrected chi connectivity index (χ1v) is 7.53. The molecule has 0 aliphatic heterocycles. The predicted octanol–water partition coefficient (Wildman–Crippen LogP) is 2.72. The highest BCUT2D eigenvalue weighted by Gasteiger charge is 2.19. The van der Waals surface area contributed by atoms with E-state index < -0.39 is 5.97 Å². The van der Waals surface area contributed by atoms with E-state index in [1.54, 1.807) is 17.5 Å². The topological polar surface area (TPSA) is 55.3 Å². The summed E-state index contributed by atoms with van der Waals surface area (Å²) in [6, 6.07) is 0. The molecule has 0 aliphatic rings. The van der Waals surface area contributed by atoms with Gasteiger partial charge in [-0.05, 0) is 0 Å². The van der Waals surface area contributed by atoms with Crippen molar-refractivity contribution in [2.45, 2.75) is 6.42 Å². The molecule has 102 valence electrons. The number of likely N-dealkylation sites (N-methyl/N-ethyl adjacent to an activating group) is 1. The van der Waals surface area contributed by atoms with Crippen LogP contribution in [0, 0.1) is 0 Å². The summed E-state index contributed by atoms with van der Waals surface area (Å²) in [5.41, 5.74) is 0. The summed E-state index contributed by atoms with van der Waals surface area (Å²) in [6.07, 6.45) is 2.62. The fourth-order valence-corrected chi connectivity index (χ4v) is 3.20. The highest BCUT2D eigenvalue weighted by molar-refractivity contribution is 7.18. The van der Waals surface area contributed by atoms with Crippen molar-refractivity contribution in [3.63, 3.8) is 0 Å². The van der Waals surface area contributed by atoms with Gasteiger partial charge in [-0.25, -0.2) is 14.8 Å². The Hall–Kier alpha value is -1.18. The maximum Gasteiger partial charge on any atom is 0.351 e. The molecule has 2 aromatic rings. The van der Waals surface area contributed by atoms with Crippen LogP contribution in [-0.4, -0.2) is 36.6 Å². The molecule has 0 saturated carbocycles. The molecule has 0 aliphatic carbocycles. The Morgan fingerprint density at radius 3 is 3.00 bits per heavy atom. The van der Waals surface area contributed by atoms with Gasteiger partial charge in [0.05, 0.1) is 12.1 Å². The van der Waals surface area contributed by atoms with Gasteiger partial charge in [0.2, 0.25) is 0 Å². The first-order chi connectivity index (χ1) is 9.11. The summed E-state index contributed by atoms with van der Waals surface area (Å²) in [5.74, 6) is -0.456. The van der Waals surface area contributed by atoms with Crippen molar-refractivity contribution in [2.24, 2.45) is 0 Å². The van der Waals surface area contributed by atoms with Crippen LogP contribution in [0.1, 0.15) is 14.7 Å². The summed E-state index contributed by atoms with van der Waals surface area (Å²) in [4.78, 5) is 22.1. The van der Waals surface area contributed by atoms with Crippen LogP contribution in [0.4, 0.5) is 5.13 Å². The second-order valence-corrected chi connectivity index (χ2v) is 6.02. The zero-order valence-corrected chi connectivity index (χ0v) is 12.8. The molecule has 0 saturated heterocycles. The number of rotatable bonds is 5. The smallest absolute Gasteiger partial charge is 0.351 e. The van der Waals surface area contributed by atoms with Gasteiger partial charge in [-0.2, -0.15) is 0 Å². The van der Waals surface area contributed by atoms with Crippen LogP contribution in [0.2, 0.25) is 5.15 Å². The van der Waals surface area contributed by atoms with E-state index in [1.807, 2.05) is 17.3 Å². The second-order valence-electron chi connectivity index (χ2n) is 3.71. The third kappa shape index (κ3) is 3.43. The molecule has 0 bridgehead atoms. The van der Waals surface area contributed by atoms with Crippen molar-refractivity contribution >= 4 is 45.4 Å². The number of halogens is 1. The van der Waals surface area contributed by atoms with E-state index in [-0.39, 0.29) is 5.15 Å². The maximum atomic E-state index is 11.5. The molecular formula is C11H12ClN3O2S2. The number of ether oxygens (including phenoxy) is 1. The van der Waals surface area contributed by atoms with Gasteiger partial charge >= 0.3 is 5.97 Å². The van der Waals surface area contributed by atoms with Gasteiger partial charge in [-0.3, -0.25) is 0 Å². The van der Waals surface area contributed by atoms with Crippen molar-refractivity contribution in [1.29, 1.82) is 0 Å². The minimum atomic E-state index is -0.456. The third-order valence-corrected chi connectivity index (χ3v) is 4.79. The van der Waals surface area contributed by atoms with Crippen molar-refractivity contribution in [1.82, 2.24) is 9.97 Å². The van der Waals surface area contributed by atoms with Crippen molar-refractivity contribution in [2.75, 3.05) is 25.6 Å². The van der Waals surface area contributed by atoms with E-state index >= 15 is 0 Å². The average Bonchev–Trinajstić information content (AvgIpc) is 3.04. The summed E-state index contributed by atoms with van der Waals surface area (Å²) in [5, 5.41) is 3.91. The van der Waals surface area contributed by atoms with Crippen LogP contribution in [-0.2, 0) is 11.2 Å². The lowest BCUT2D eigenvalue weighted by Crippen LogP contribution is -2.19. The zero-order chi connectivity index (χ0) is 13.8. The number of thiazole rings is 2. The van der Waals surface area contributed by atoms with Gasteiger partial charge in [-0.15, -0.1) is 11.3 Å². The predicted molar refractivity (Wildman–Crippen MR) is 77.6 cm³/mol. The normalized spacial score (nSPS) is 10.5. The Morgan fingerprint density at radius 2 is 2.37 bits per heavy atom.